The predicted octanol–water partition coefficient (Wildman–Crippen LogP) is 3.38. The summed E-state index contributed by atoms with van der Waals surface area (Å²) in [6, 6.07) is 1.52. The molecule has 0 saturated heterocycles. The number of hydrogen-bond donors (Lipinski definition) is 1. The van der Waals surface area contributed by atoms with E-state index in [4.69, 9.17) is 4.74 Å². The van der Waals surface area contributed by atoms with Gasteiger partial charge in [-0.25, -0.2) is 4.79 Å². The van der Waals surface area contributed by atoms with Crippen LogP contribution in [0.3, 0.4) is 0 Å². The molecule has 20 heavy (non-hydrogen) atoms. The molecule has 0 aromatic carbocycles. The van der Waals surface area contributed by atoms with Crippen LogP contribution < -0.4 is 5.32 Å². The predicted molar refractivity (Wildman–Crippen MR) is 69.0 cm³/mol. The Kier molecular flexibility index (Phi) is 5.55. The zero-order valence-electron chi connectivity index (χ0n) is 11.0. The Hall–Kier alpha value is -1.57. The van der Waals surface area contributed by atoms with Gasteiger partial charge in [-0.15, -0.1) is 11.3 Å². The number of thiophene rings is 1. The average Bonchev–Trinajstić information content (AvgIpc) is 2.69. The fraction of sp³-hybridized carbons (Fsp3) is 0.500. The lowest BCUT2D eigenvalue weighted by Gasteiger charge is -2.07. The number of esters is 1. The second-order valence-corrected chi connectivity index (χ2v) is 5.01. The van der Waals surface area contributed by atoms with Crippen molar-refractivity contribution in [1.82, 2.24) is 0 Å². The number of anilines is 1. The van der Waals surface area contributed by atoms with Crippen molar-refractivity contribution < 1.29 is 27.5 Å². The monoisotopic (exact) mass is 309 g/mol. The number of aryl methyl sites for hydroxylation is 1. The molecule has 8 heteroatoms. The number of amides is 1. The van der Waals surface area contributed by atoms with E-state index in [0.29, 0.717) is 6.42 Å². The Bertz CT molecular complexity index is 497. The first-order valence-corrected chi connectivity index (χ1v) is 6.74. The van der Waals surface area contributed by atoms with Gasteiger partial charge in [0.2, 0.25) is 5.91 Å². The number of alkyl halides is 3. The van der Waals surface area contributed by atoms with Crippen LogP contribution in [0.2, 0.25) is 0 Å². The molecule has 1 heterocycles. The van der Waals surface area contributed by atoms with Crippen molar-refractivity contribution in [2.24, 2.45) is 0 Å². The molecular weight excluding hydrogens is 295 g/mol. The first-order valence-electron chi connectivity index (χ1n) is 5.93. The molecule has 4 nitrogen and oxygen atoms in total. The summed E-state index contributed by atoms with van der Waals surface area (Å²) in [5.74, 6) is -1.86. The molecule has 0 fully saturated rings. The maximum Gasteiger partial charge on any atom is 0.397 e. The van der Waals surface area contributed by atoms with Gasteiger partial charge >= 0.3 is 12.1 Å². The van der Waals surface area contributed by atoms with Crippen molar-refractivity contribution in [1.29, 1.82) is 0 Å². The molecule has 1 aromatic heterocycles. The number of halogens is 3. The minimum atomic E-state index is -4.58. The lowest BCUT2D eigenvalue weighted by molar-refractivity contribution is -0.150. The summed E-state index contributed by atoms with van der Waals surface area (Å²) >= 11 is 1.07. The van der Waals surface area contributed by atoms with Crippen molar-refractivity contribution in [3.63, 3.8) is 0 Å². The highest BCUT2D eigenvalue weighted by Gasteiger charge is 2.32. The summed E-state index contributed by atoms with van der Waals surface area (Å²) in [6.07, 6.45) is -5.57. The second-order valence-electron chi connectivity index (χ2n) is 3.87. The molecule has 1 rings (SSSR count). The van der Waals surface area contributed by atoms with Crippen molar-refractivity contribution in [3.05, 3.63) is 16.5 Å². The highest BCUT2D eigenvalue weighted by Crippen LogP contribution is 2.30. The number of carbonyl (C=O) groups excluding carboxylic acids is 2. The van der Waals surface area contributed by atoms with E-state index >= 15 is 0 Å². The number of carbonyl (C=O) groups is 2. The van der Waals surface area contributed by atoms with Crippen LogP contribution in [0.1, 0.15) is 35.5 Å². The van der Waals surface area contributed by atoms with Gasteiger partial charge in [0.1, 0.15) is 11.4 Å². The van der Waals surface area contributed by atoms with Crippen LogP contribution in [0.5, 0.6) is 0 Å². The summed E-state index contributed by atoms with van der Waals surface area (Å²) in [5, 5.41) is 2.21. The molecule has 0 bridgehead atoms. The standard InChI is InChI=1S/C12H14F3NO3S/c1-3-7-5-8(11(18)19-4-2)10(20-7)16-9(17)6-12(13,14)15/h5H,3-4,6H2,1-2H3,(H,16,17). The molecule has 112 valence electrons. The summed E-state index contributed by atoms with van der Waals surface area (Å²) < 4.78 is 41.1. The molecule has 0 aliphatic heterocycles. The first-order chi connectivity index (χ1) is 9.26. The van der Waals surface area contributed by atoms with E-state index in [1.54, 1.807) is 6.92 Å². The normalized spacial score (nSPS) is 11.2. The van der Waals surface area contributed by atoms with Crippen LogP contribution in [0.15, 0.2) is 6.07 Å². The Morgan fingerprint density at radius 2 is 2.00 bits per heavy atom. The van der Waals surface area contributed by atoms with Gasteiger partial charge in [-0.3, -0.25) is 4.79 Å². The molecule has 0 aliphatic rings. The van der Waals surface area contributed by atoms with Crippen molar-refractivity contribution in [2.75, 3.05) is 11.9 Å². The largest absolute Gasteiger partial charge is 0.462 e. The minimum Gasteiger partial charge on any atom is -0.462 e. The van der Waals surface area contributed by atoms with Crippen LogP contribution in [-0.2, 0) is 16.0 Å². The van der Waals surface area contributed by atoms with Crippen LogP contribution in [0.25, 0.3) is 0 Å². The fourth-order valence-electron chi connectivity index (χ4n) is 1.42. The molecule has 1 aromatic rings. The Morgan fingerprint density at radius 1 is 1.35 bits per heavy atom. The van der Waals surface area contributed by atoms with Gasteiger partial charge in [0.15, 0.2) is 0 Å². The topological polar surface area (TPSA) is 55.4 Å². The van der Waals surface area contributed by atoms with Crippen LogP contribution >= 0.6 is 11.3 Å². The van der Waals surface area contributed by atoms with Gasteiger partial charge in [0, 0.05) is 4.88 Å². The SMILES string of the molecule is CCOC(=O)c1cc(CC)sc1NC(=O)CC(F)(F)F. The van der Waals surface area contributed by atoms with Gasteiger partial charge in [0.25, 0.3) is 0 Å². The van der Waals surface area contributed by atoms with Crippen LogP contribution in [-0.4, -0.2) is 24.7 Å². The van der Waals surface area contributed by atoms with E-state index in [9.17, 15) is 22.8 Å². The van der Waals surface area contributed by atoms with Crippen LogP contribution in [0, 0.1) is 0 Å². The third kappa shape index (κ3) is 4.84. The molecule has 0 saturated carbocycles. The Labute approximate surface area is 117 Å². The minimum absolute atomic E-state index is 0.0872. The fourth-order valence-corrected chi connectivity index (χ4v) is 2.42. The molecule has 1 N–H and O–H groups in total. The van der Waals surface area contributed by atoms with Gasteiger partial charge in [-0.2, -0.15) is 13.2 Å². The summed E-state index contributed by atoms with van der Waals surface area (Å²) in [5.41, 5.74) is 0.0872. The summed E-state index contributed by atoms with van der Waals surface area (Å²) in [6.45, 7) is 3.60. The lowest BCUT2D eigenvalue weighted by atomic mass is 10.2. The van der Waals surface area contributed by atoms with E-state index in [-0.39, 0.29) is 17.2 Å². The molecule has 0 spiro atoms. The maximum absolute atomic E-state index is 12.1. The van der Waals surface area contributed by atoms with Crippen LogP contribution in [0.4, 0.5) is 18.2 Å². The highest BCUT2D eigenvalue weighted by molar-refractivity contribution is 7.16. The van der Waals surface area contributed by atoms with E-state index < -0.39 is 24.5 Å². The first kappa shape index (κ1) is 16.5. The Balaban J connectivity index is 2.90. The zero-order chi connectivity index (χ0) is 15.3. The van der Waals surface area contributed by atoms with E-state index in [0.717, 1.165) is 16.2 Å². The number of rotatable bonds is 5. The number of ether oxygens (including phenoxy) is 1. The third-order valence-corrected chi connectivity index (χ3v) is 3.44. The van der Waals surface area contributed by atoms with E-state index in [1.165, 1.54) is 6.07 Å². The highest BCUT2D eigenvalue weighted by atomic mass is 32.1. The average molecular weight is 309 g/mol. The number of nitrogens with one attached hydrogen (secondary N) is 1. The molecule has 0 atom stereocenters. The quantitative estimate of drug-likeness (QED) is 0.848. The van der Waals surface area contributed by atoms with Gasteiger partial charge < -0.3 is 10.1 Å². The third-order valence-electron chi connectivity index (χ3n) is 2.24. The molecule has 0 radical (unpaired) electrons. The van der Waals surface area contributed by atoms with E-state index in [2.05, 4.69) is 5.32 Å². The smallest absolute Gasteiger partial charge is 0.397 e. The van der Waals surface area contributed by atoms with Crippen molar-refractivity contribution >= 4 is 28.2 Å². The van der Waals surface area contributed by atoms with Crippen molar-refractivity contribution in [2.45, 2.75) is 32.9 Å². The second kappa shape index (κ2) is 6.74. The lowest BCUT2D eigenvalue weighted by Crippen LogP contribution is -2.21. The molecular formula is C12H14F3NO3S. The maximum atomic E-state index is 12.1. The van der Waals surface area contributed by atoms with Gasteiger partial charge in [-0.05, 0) is 19.4 Å². The van der Waals surface area contributed by atoms with Gasteiger partial charge in [0.05, 0.1) is 12.2 Å². The van der Waals surface area contributed by atoms with E-state index in [1.807, 2.05) is 6.92 Å². The zero-order valence-corrected chi connectivity index (χ0v) is 11.8. The summed E-state index contributed by atoms with van der Waals surface area (Å²) in [4.78, 5) is 23.7. The number of hydrogen-bond acceptors (Lipinski definition) is 4. The molecule has 0 aliphatic carbocycles. The van der Waals surface area contributed by atoms with Crippen molar-refractivity contribution in [3.8, 4) is 0 Å². The Morgan fingerprint density at radius 3 is 2.50 bits per heavy atom. The van der Waals surface area contributed by atoms with Gasteiger partial charge in [-0.1, -0.05) is 6.92 Å². The summed E-state index contributed by atoms with van der Waals surface area (Å²) in [7, 11) is 0. The molecule has 0 unspecified atom stereocenters. The molecule has 1 amide bonds.